The predicted octanol–water partition coefficient (Wildman–Crippen LogP) is 3.27. The van der Waals surface area contributed by atoms with Crippen molar-refractivity contribution in [3.63, 3.8) is 0 Å². The second-order valence-corrected chi connectivity index (χ2v) is 5.02. The Morgan fingerprint density at radius 3 is 2.88 bits per heavy atom. The van der Waals surface area contributed by atoms with Gasteiger partial charge in [-0.3, -0.25) is 0 Å². The molecule has 0 saturated heterocycles. The van der Waals surface area contributed by atoms with E-state index < -0.39 is 0 Å². The van der Waals surface area contributed by atoms with Crippen LogP contribution in [0.3, 0.4) is 0 Å². The van der Waals surface area contributed by atoms with Gasteiger partial charge in [0.25, 0.3) is 0 Å². The van der Waals surface area contributed by atoms with Gasteiger partial charge in [0.05, 0.1) is 5.39 Å². The number of aryl methyl sites for hydroxylation is 1. The molecule has 2 aromatic rings. The van der Waals surface area contributed by atoms with Crippen LogP contribution in [0.15, 0.2) is 6.07 Å². The van der Waals surface area contributed by atoms with Crippen molar-refractivity contribution >= 4 is 28.5 Å². The molecule has 17 heavy (non-hydrogen) atoms. The fourth-order valence-electron chi connectivity index (χ4n) is 2.49. The lowest BCUT2D eigenvalue weighted by Crippen LogP contribution is -2.15. The first-order chi connectivity index (χ1) is 8.22. The molecule has 0 atom stereocenters. The normalized spacial score (nSPS) is 16.8. The van der Waals surface area contributed by atoms with Crippen LogP contribution in [0.5, 0.6) is 0 Å². The van der Waals surface area contributed by atoms with E-state index in [-0.39, 0.29) is 0 Å². The highest BCUT2D eigenvalue weighted by Crippen LogP contribution is 2.27. The highest BCUT2D eigenvalue weighted by molar-refractivity contribution is 6.28. The van der Waals surface area contributed by atoms with Crippen LogP contribution in [0.4, 0.5) is 5.82 Å². The van der Waals surface area contributed by atoms with E-state index in [1.54, 1.807) is 0 Å². The predicted molar refractivity (Wildman–Crippen MR) is 69.5 cm³/mol. The first kappa shape index (κ1) is 10.8. The molecule has 0 bridgehead atoms. The third-order valence-corrected chi connectivity index (χ3v) is 3.46. The maximum Gasteiger partial charge on any atom is 0.226 e. The summed E-state index contributed by atoms with van der Waals surface area (Å²) in [5.74, 6) is 0.858. The van der Waals surface area contributed by atoms with Crippen molar-refractivity contribution in [1.29, 1.82) is 0 Å². The second-order valence-electron chi connectivity index (χ2n) is 4.68. The Kier molecular flexibility index (Phi) is 2.67. The van der Waals surface area contributed by atoms with Gasteiger partial charge in [-0.05, 0) is 37.4 Å². The quantitative estimate of drug-likeness (QED) is 0.805. The summed E-state index contributed by atoms with van der Waals surface area (Å²) in [5.41, 5.74) is 1.88. The van der Waals surface area contributed by atoms with Crippen LogP contribution in [-0.2, 0) is 0 Å². The van der Waals surface area contributed by atoms with Crippen molar-refractivity contribution in [3.05, 3.63) is 17.0 Å². The second kappa shape index (κ2) is 4.18. The van der Waals surface area contributed by atoms with Crippen molar-refractivity contribution in [1.82, 2.24) is 15.0 Å². The number of rotatable bonds is 2. The third kappa shape index (κ3) is 2.09. The van der Waals surface area contributed by atoms with Gasteiger partial charge >= 0.3 is 0 Å². The number of fused-ring (bicyclic) bond motifs is 1. The minimum absolute atomic E-state index is 0.292. The summed E-state index contributed by atoms with van der Waals surface area (Å²) in [5, 5.41) is 4.80. The first-order valence-corrected chi connectivity index (χ1v) is 6.39. The zero-order valence-corrected chi connectivity index (χ0v) is 10.5. The van der Waals surface area contributed by atoms with Crippen LogP contribution in [-0.4, -0.2) is 21.0 Å². The van der Waals surface area contributed by atoms with E-state index in [4.69, 9.17) is 11.6 Å². The summed E-state index contributed by atoms with van der Waals surface area (Å²) < 4.78 is 0. The lowest BCUT2D eigenvalue weighted by atomic mass is 10.2. The summed E-state index contributed by atoms with van der Waals surface area (Å²) >= 11 is 5.94. The highest BCUT2D eigenvalue weighted by Gasteiger charge is 2.17. The van der Waals surface area contributed by atoms with Crippen LogP contribution in [0.2, 0.25) is 5.28 Å². The van der Waals surface area contributed by atoms with E-state index >= 15 is 0 Å². The Labute approximate surface area is 105 Å². The van der Waals surface area contributed by atoms with Gasteiger partial charge in [-0.15, -0.1) is 0 Å². The molecule has 0 unspecified atom stereocenters. The molecule has 1 saturated carbocycles. The van der Waals surface area contributed by atoms with Crippen LogP contribution < -0.4 is 5.32 Å². The summed E-state index contributed by atoms with van der Waals surface area (Å²) in [4.78, 5) is 11.7. The average Bonchev–Trinajstić information content (AvgIpc) is 2.86. The minimum Gasteiger partial charge on any atom is -0.367 e. The van der Waals surface area contributed by atoms with Gasteiger partial charge in [0.2, 0.25) is 5.28 Å². The molecule has 1 fully saturated rings. The molecule has 0 aromatic carbocycles. The van der Waals surface area contributed by atoms with Crippen molar-refractivity contribution in [2.45, 2.75) is 38.6 Å². The molecule has 3 rings (SSSR count). The van der Waals surface area contributed by atoms with Crippen molar-refractivity contribution in [2.24, 2.45) is 0 Å². The van der Waals surface area contributed by atoms with Crippen molar-refractivity contribution in [2.75, 3.05) is 5.32 Å². The Hall–Kier alpha value is -1.29. The Morgan fingerprint density at radius 1 is 1.35 bits per heavy atom. The third-order valence-electron chi connectivity index (χ3n) is 3.29. The van der Waals surface area contributed by atoms with Crippen LogP contribution in [0.25, 0.3) is 11.0 Å². The zero-order chi connectivity index (χ0) is 11.8. The SMILES string of the molecule is Cc1cc2c(NC3CCCC3)nc(Cl)nc2[nH]1. The number of hydrogen-bond donors (Lipinski definition) is 2. The van der Waals surface area contributed by atoms with E-state index in [9.17, 15) is 0 Å². The monoisotopic (exact) mass is 250 g/mol. The topological polar surface area (TPSA) is 53.6 Å². The fourth-order valence-corrected chi connectivity index (χ4v) is 2.66. The average molecular weight is 251 g/mol. The van der Waals surface area contributed by atoms with E-state index in [1.165, 1.54) is 25.7 Å². The van der Waals surface area contributed by atoms with Gasteiger partial charge in [-0.25, -0.2) is 4.98 Å². The number of nitrogens with one attached hydrogen (secondary N) is 2. The van der Waals surface area contributed by atoms with E-state index in [1.807, 2.05) is 6.92 Å². The van der Waals surface area contributed by atoms with Crippen molar-refractivity contribution in [3.8, 4) is 0 Å². The Balaban J connectivity index is 2.01. The standard InChI is InChI=1S/C12H15ClN4/c1-7-6-9-10(14-7)16-12(13)17-11(9)15-8-4-2-3-5-8/h6,8H,2-5H2,1H3,(H2,14,15,16,17). The number of aromatic amines is 1. The van der Waals surface area contributed by atoms with Gasteiger partial charge in [0.1, 0.15) is 11.5 Å². The summed E-state index contributed by atoms with van der Waals surface area (Å²) in [7, 11) is 0. The molecule has 0 radical (unpaired) electrons. The Morgan fingerprint density at radius 2 is 2.12 bits per heavy atom. The molecule has 1 aliphatic carbocycles. The number of hydrogen-bond acceptors (Lipinski definition) is 3. The van der Waals surface area contributed by atoms with E-state index in [2.05, 4.69) is 26.3 Å². The molecule has 0 aliphatic heterocycles. The molecule has 2 N–H and O–H groups in total. The molecule has 0 spiro atoms. The lowest BCUT2D eigenvalue weighted by Gasteiger charge is -2.13. The molecule has 2 heterocycles. The number of anilines is 1. The molecule has 0 amide bonds. The molecular formula is C12H15ClN4. The van der Waals surface area contributed by atoms with E-state index in [0.29, 0.717) is 11.3 Å². The minimum atomic E-state index is 0.292. The number of nitrogens with zero attached hydrogens (tertiary/aromatic N) is 2. The van der Waals surface area contributed by atoms with Gasteiger partial charge in [0, 0.05) is 11.7 Å². The van der Waals surface area contributed by atoms with Crippen LogP contribution >= 0.6 is 11.6 Å². The molecular weight excluding hydrogens is 236 g/mol. The van der Waals surface area contributed by atoms with Crippen molar-refractivity contribution < 1.29 is 0 Å². The smallest absolute Gasteiger partial charge is 0.226 e. The summed E-state index contributed by atoms with van der Waals surface area (Å²) in [6, 6.07) is 2.59. The number of H-pyrrole nitrogens is 1. The van der Waals surface area contributed by atoms with Crippen LogP contribution in [0.1, 0.15) is 31.4 Å². The fraction of sp³-hybridized carbons (Fsp3) is 0.500. The maximum absolute atomic E-state index is 5.94. The lowest BCUT2D eigenvalue weighted by molar-refractivity contribution is 0.751. The molecule has 4 nitrogen and oxygen atoms in total. The van der Waals surface area contributed by atoms with Gasteiger partial charge in [-0.1, -0.05) is 12.8 Å². The molecule has 2 aromatic heterocycles. The van der Waals surface area contributed by atoms with Crippen LogP contribution in [0, 0.1) is 6.92 Å². The van der Waals surface area contributed by atoms with Gasteiger partial charge in [0.15, 0.2) is 0 Å². The number of aromatic nitrogens is 3. The molecule has 5 heteroatoms. The van der Waals surface area contributed by atoms with Gasteiger partial charge < -0.3 is 10.3 Å². The Bertz CT molecular complexity index is 543. The maximum atomic E-state index is 5.94. The summed E-state index contributed by atoms with van der Waals surface area (Å²) in [6.45, 7) is 2.01. The zero-order valence-electron chi connectivity index (χ0n) is 9.76. The summed E-state index contributed by atoms with van der Waals surface area (Å²) in [6.07, 6.45) is 5.02. The van der Waals surface area contributed by atoms with E-state index in [0.717, 1.165) is 22.5 Å². The highest BCUT2D eigenvalue weighted by atomic mass is 35.5. The number of halogens is 1. The first-order valence-electron chi connectivity index (χ1n) is 6.02. The molecule has 90 valence electrons. The van der Waals surface area contributed by atoms with Gasteiger partial charge in [-0.2, -0.15) is 4.98 Å². The largest absolute Gasteiger partial charge is 0.367 e. The molecule has 1 aliphatic rings.